The third kappa shape index (κ3) is 13.0. The Morgan fingerprint density at radius 2 is 0.714 bits per heavy atom. The first-order valence-corrected chi connectivity index (χ1v) is 13.8. The normalized spacial score (nSPS) is 10.1. The second-order valence-corrected chi connectivity index (χ2v) is 7.60. The molecule has 0 aromatic heterocycles. The lowest BCUT2D eigenvalue weighted by molar-refractivity contribution is 0.996. The lowest BCUT2D eigenvalue weighted by atomic mass is 9.98. The van der Waals surface area contributed by atoms with Crippen LogP contribution in [0.5, 0.6) is 0 Å². The van der Waals surface area contributed by atoms with Crippen molar-refractivity contribution in [1.29, 1.82) is 0 Å². The molecule has 0 saturated heterocycles. The van der Waals surface area contributed by atoms with Crippen LogP contribution in [0.25, 0.3) is 11.1 Å². The van der Waals surface area contributed by atoms with Crippen LogP contribution in [0.1, 0.15) is 90.5 Å². The van der Waals surface area contributed by atoms with Crippen LogP contribution >= 0.6 is 0 Å². The Morgan fingerprint density at radius 1 is 0.429 bits per heavy atom. The van der Waals surface area contributed by atoms with Crippen LogP contribution in [0, 0.1) is 0 Å². The van der Waals surface area contributed by atoms with Gasteiger partial charge < -0.3 is 0 Å². The predicted octanol–water partition coefficient (Wildman–Crippen LogP) is 11.0. The van der Waals surface area contributed by atoms with Crippen molar-refractivity contribution in [2.75, 3.05) is 0 Å². The first kappa shape index (κ1) is 32.1. The Balaban J connectivity index is 0.00000179. The standard InChI is InChI=1S/C29H32.3C2H6/c1-3-5-7-9-24-11-13-26(14-12-24)23-27-17-21-29(22-18-27)28-19-15-25(16-20-28)10-8-6-4-2;3*1-2/h3-6,11-22H,7-10,23H2,1-2H3;3*1-2H3. The van der Waals surface area contributed by atoms with Gasteiger partial charge >= 0.3 is 0 Å². The second-order valence-electron chi connectivity index (χ2n) is 7.60. The third-order valence-corrected chi connectivity index (χ3v) is 5.34. The van der Waals surface area contributed by atoms with Gasteiger partial charge in [0.1, 0.15) is 0 Å². The summed E-state index contributed by atoms with van der Waals surface area (Å²) in [7, 11) is 0. The molecule has 0 nitrogen and oxygen atoms in total. The summed E-state index contributed by atoms with van der Waals surface area (Å²) in [6.07, 6.45) is 14.1. The fourth-order valence-corrected chi connectivity index (χ4v) is 3.57. The first-order chi connectivity index (χ1) is 17.3. The number of rotatable bonds is 9. The van der Waals surface area contributed by atoms with Gasteiger partial charge in [-0.3, -0.25) is 0 Å². The number of allylic oxidation sites excluding steroid dienone is 4. The maximum Gasteiger partial charge on any atom is -0.00258 e. The van der Waals surface area contributed by atoms with Crippen molar-refractivity contribution < 1.29 is 0 Å². The van der Waals surface area contributed by atoms with E-state index in [4.69, 9.17) is 0 Å². The number of benzene rings is 3. The molecule has 3 aromatic carbocycles. The van der Waals surface area contributed by atoms with Gasteiger partial charge in [0, 0.05) is 0 Å². The van der Waals surface area contributed by atoms with Crippen LogP contribution < -0.4 is 0 Å². The van der Waals surface area contributed by atoms with Crippen molar-refractivity contribution in [3.63, 3.8) is 0 Å². The molecule has 0 aliphatic carbocycles. The van der Waals surface area contributed by atoms with Crippen LogP contribution in [0.4, 0.5) is 0 Å². The highest BCUT2D eigenvalue weighted by Gasteiger charge is 2.01. The molecule has 0 bridgehead atoms. The van der Waals surface area contributed by atoms with Crippen molar-refractivity contribution in [3.8, 4) is 11.1 Å². The summed E-state index contributed by atoms with van der Waals surface area (Å²) >= 11 is 0. The fraction of sp³-hybridized carbons (Fsp3) is 0.371. The van der Waals surface area contributed by atoms with Crippen LogP contribution in [0.3, 0.4) is 0 Å². The van der Waals surface area contributed by atoms with E-state index in [1.54, 1.807) is 0 Å². The van der Waals surface area contributed by atoms with Gasteiger partial charge in [0.25, 0.3) is 0 Å². The zero-order valence-electron chi connectivity index (χ0n) is 23.8. The SMILES string of the molecule is CC.CC.CC.CC=CCCc1ccc(Cc2ccc(-c3ccc(CCC=CC)cc3)cc2)cc1. The van der Waals surface area contributed by atoms with Crippen LogP contribution in [0.2, 0.25) is 0 Å². The van der Waals surface area contributed by atoms with E-state index in [1.807, 2.05) is 41.5 Å². The van der Waals surface area contributed by atoms with Gasteiger partial charge in [-0.1, -0.05) is 139 Å². The molecule has 0 N–H and O–H groups in total. The molecule has 3 aromatic rings. The van der Waals surface area contributed by atoms with Crippen LogP contribution in [0.15, 0.2) is 97.1 Å². The fourth-order valence-electron chi connectivity index (χ4n) is 3.57. The average molecular weight is 471 g/mol. The molecule has 0 spiro atoms. The molecule has 0 saturated carbocycles. The van der Waals surface area contributed by atoms with E-state index >= 15 is 0 Å². The summed E-state index contributed by atoms with van der Waals surface area (Å²) in [5.74, 6) is 0. The molecular weight excluding hydrogens is 420 g/mol. The van der Waals surface area contributed by atoms with E-state index in [9.17, 15) is 0 Å². The molecule has 0 unspecified atom stereocenters. The number of hydrogen-bond acceptors (Lipinski definition) is 0. The van der Waals surface area contributed by atoms with Gasteiger partial charge in [-0.05, 0) is 79.3 Å². The topological polar surface area (TPSA) is 0 Å². The van der Waals surface area contributed by atoms with E-state index in [-0.39, 0.29) is 0 Å². The zero-order chi connectivity index (χ0) is 26.3. The Morgan fingerprint density at radius 3 is 1.06 bits per heavy atom. The molecule has 0 amide bonds. The Hall–Kier alpha value is -2.86. The van der Waals surface area contributed by atoms with Gasteiger partial charge in [0.2, 0.25) is 0 Å². The molecule has 3 rings (SSSR count). The van der Waals surface area contributed by atoms with Crippen LogP contribution in [-0.2, 0) is 19.3 Å². The van der Waals surface area contributed by atoms with E-state index in [0.29, 0.717) is 0 Å². The molecule has 0 aliphatic heterocycles. The molecule has 0 atom stereocenters. The molecule has 0 radical (unpaired) electrons. The van der Waals surface area contributed by atoms with Crippen molar-refractivity contribution in [2.24, 2.45) is 0 Å². The van der Waals surface area contributed by atoms with Crippen molar-refractivity contribution in [2.45, 2.75) is 87.5 Å². The summed E-state index contributed by atoms with van der Waals surface area (Å²) in [6, 6.07) is 27.1. The van der Waals surface area contributed by atoms with Crippen molar-refractivity contribution >= 4 is 0 Å². The quantitative estimate of drug-likeness (QED) is 0.273. The van der Waals surface area contributed by atoms with Crippen molar-refractivity contribution in [1.82, 2.24) is 0 Å². The highest BCUT2D eigenvalue weighted by molar-refractivity contribution is 5.64. The van der Waals surface area contributed by atoms with Gasteiger partial charge in [-0.25, -0.2) is 0 Å². The minimum absolute atomic E-state index is 0.985. The second kappa shape index (κ2) is 21.7. The van der Waals surface area contributed by atoms with Gasteiger partial charge in [0.05, 0.1) is 0 Å². The first-order valence-electron chi connectivity index (χ1n) is 13.8. The van der Waals surface area contributed by atoms with E-state index in [0.717, 1.165) is 32.1 Å². The minimum atomic E-state index is 0.985. The molecule has 0 heteroatoms. The van der Waals surface area contributed by atoms with E-state index < -0.39 is 0 Å². The lowest BCUT2D eigenvalue weighted by Gasteiger charge is -2.07. The lowest BCUT2D eigenvalue weighted by Crippen LogP contribution is -1.90. The monoisotopic (exact) mass is 470 g/mol. The van der Waals surface area contributed by atoms with E-state index in [2.05, 4.69) is 111 Å². The summed E-state index contributed by atoms with van der Waals surface area (Å²) in [6.45, 7) is 16.2. The molecule has 35 heavy (non-hydrogen) atoms. The summed E-state index contributed by atoms with van der Waals surface area (Å²) < 4.78 is 0. The van der Waals surface area contributed by atoms with Gasteiger partial charge in [0.15, 0.2) is 0 Å². The van der Waals surface area contributed by atoms with Crippen LogP contribution in [-0.4, -0.2) is 0 Å². The molecular formula is C35H50. The summed E-state index contributed by atoms with van der Waals surface area (Å²) in [4.78, 5) is 0. The smallest absolute Gasteiger partial charge is 0.00258 e. The highest BCUT2D eigenvalue weighted by atomic mass is 14.1. The average Bonchev–Trinajstić information content (AvgIpc) is 2.94. The van der Waals surface area contributed by atoms with E-state index in [1.165, 1.54) is 33.4 Å². The minimum Gasteiger partial charge on any atom is -0.0917 e. The van der Waals surface area contributed by atoms with Gasteiger partial charge in [-0.15, -0.1) is 0 Å². The Kier molecular flexibility index (Phi) is 19.9. The number of hydrogen-bond donors (Lipinski definition) is 0. The summed E-state index contributed by atoms with van der Waals surface area (Å²) in [5, 5.41) is 0. The highest BCUT2D eigenvalue weighted by Crippen LogP contribution is 2.22. The third-order valence-electron chi connectivity index (χ3n) is 5.34. The maximum absolute atomic E-state index is 2.27. The predicted molar refractivity (Wildman–Crippen MR) is 161 cm³/mol. The summed E-state index contributed by atoms with van der Waals surface area (Å²) in [5.41, 5.74) is 8.12. The molecule has 0 fully saturated rings. The molecule has 0 aliphatic rings. The number of aryl methyl sites for hydroxylation is 2. The Labute approximate surface area is 217 Å². The zero-order valence-corrected chi connectivity index (χ0v) is 23.8. The maximum atomic E-state index is 2.27. The molecule has 0 heterocycles. The molecule has 190 valence electrons. The largest absolute Gasteiger partial charge is 0.0917 e. The Bertz CT molecular complexity index is 907. The van der Waals surface area contributed by atoms with Crippen molar-refractivity contribution in [3.05, 3.63) is 119 Å². The van der Waals surface area contributed by atoms with Gasteiger partial charge in [-0.2, -0.15) is 0 Å².